The van der Waals surface area contributed by atoms with Crippen molar-refractivity contribution >= 4 is 22.0 Å². The maximum absolute atomic E-state index is 11.7. The lowest BCUT2D eigenvalue weighted by Crippen LogP contribution is -2.27. The molecule has 3 N–H and O–H groups in total. The molecule has 0 aliphatic heterocycles. The second-order valence-electron chi connectivity index (χ2n) is 4.54. The van der Waals surface area contributed by atoms with Crippen LogP contribution in [0.4, 0.5) is 0 Å². The number of rotatable bonds is 8. The van der Waals surface area contributed by atoms with E-state index < -0.39 is 21.2 Å². The molecule has 0 radical (unpaired) electrons. The molecule has 1 aromatic carbocycles. The standard InChI is InChI=1S/C13H17NO6S/c1-21(18,19)13(7-3-6-12(14)17)20-11-5-2-4-10(16)9(11)8-15/h2,4-5,8,13,16H,3,6-7H2,1H3,(H2,14,17). The molecule has 116 valence electrons. The van der Waals surface area contributed by atoms with Crippen molar-refractivity contribution in [3.8, 4) is 11.5 Å². The molecule has 21 heavy (non-hydrogen) atoms. The van der Waals surface area contributed by atoms with Crippen LogP contribution in [0.25, 0.3) is 0 Å². The third-order valence-electron chi connectivity index (χ3n) is 2.76. The highest BCUT2D eigenvalue weighted by atomic mass is 32.2. The van der Waals surface area contributed by atoms with E-state index in [0.29, 0.717) is 6.29 Å². The third kappa shape index (κ3) is 5.07. The van der Waals surface area contributed by atoms with Gasteiger partial charge in [-0.15, -0.1) is 0 Å². The van der Waals surface area contributed by atoms with Crippen molar-refractivity contribution < 1.29 is 27.9 Å². The number of phenols is 1. The summed E-state index contributed by atoms with van der Waals surface area (Å²) in [6.45, 7) is 0. The van der Waals surface area contributed by atoms with Crippen LogP contribution in [0, 0.1) is 0 Å². The van der Waals surface area contributed by atoms with Crippen LogP contribution in [-0.2, 0) is 14.6 Å². The van der Waals surface area contributed by atoms with Gasteiger partial charge in [0.1, 0.15) is 11.5 Å². The highest BCUT2D eigenvalue weighted by Gasteiger charge is 2.24. The van der Waals surface area contributed by atoms with Crippen LogP contribution >= 0.6 is 0 Å². The van der Waals surface area contributed by atoms with Crippen LogP contribution in [0.1, 0.15) is 29.6 Å². The first-order valence-electron chi connectivity index (χ1n) is 6.16. The topological polar surface area (TPSA) is 124 Å². The lowest BCUT2D eigenvalue weighted by atomic mass is 10.2. The van der Waals surface area contributed by atoms with Crippen LogP contribution in [0.2, 0.25) is 0 Å². The van der Waals surface area contributed by atoms with Crippen molar-refractivity contribution in [3.63, 3.8) is 0 Å². The molecule has 8 heteroatoms. The maximum Gasteiger partial charge on any atom is 0.217 e. The molecule has 1 rings (SSSR count). The number of sulfone groups is 1. The quantitative estimate of drug-likeness (QED) is 0.677. The smallest absolute Gasteiger partial charge is 0.217 e. The molecule has 0 heterocycles. The first-order valence-corrected chi connectivity index (χ1v) is 8.12. The van der Waals surface area contributed by atoms with Gasteiger partial charge in [0, 0.05) is 12.7 Å². The number of carbonyl (C=O) groups excluding carboxylic acids is 2. The fourth-order valence-corrected chi connectivity index (χ4v) is 2.57. The third-order valence-corrected chi connectivity index (χ3v) is 4.05. The number of amides is 1. The van der Waals surface area contributed by atoms with Crippen LogP contribution in [0.3, 0.4) is 0 Å². The number of nitrogens with two attached hydrogens (primary N) is 1. The van der Waals surface area contributed by atoms with Gasteiger partial charge in [0.2, 0.25) is 5.91 Å². The molecular formula is C13H17NO6S. The zero-order valence-electron chi connectivity index (χ0n) is 11.5. The van der Waals surface area contributed by atoms with Crippen LogP contribution in [0.15, 0.2) is 18.2 Å². The minimum Gasteiger partial charge on any atom is -0.507 e. The Balaban J connectivity index is 2.94. The van der Waals surface area contributed by atoms with Gasteiger partial charge in [-0.05, 0) is 25.0 Å². The largest absolute Gasteiger partial charge is 0.507 e. The molecule has 1 aromatic rings. The predicted molar refractivity (Wildman–Crippen MR) is 75.8 cm³/mol. The average molecular weight is 315 g/mol. The molecule has 7 nitrogen and oxygen atoms in total. The van der Waals surface area contributed by atoms with Gasteiger partial charge < -0.3 is 15.6 Å². The second kappa shape index (κ2) is 7.07. The Morgan fingerprint density at radius 2 is 2.14 bits per heavy atom. The predicted octanol–water partition coefficient (Wildman–Crippen LogP) is 0.610. The van der Waals surface area contributed by atoms with E-state index in [1.807, 2.05) is 0 Å². The molecule has 0 aromatic heterocycles. The first kappa shape index (κ1) is 17.0. The summed E-state index contributed by atoms with van der Waals surface area (Å²) >= 11 is 0. The van der Waals surface area contributed by atoms with Crippen LogP contribution in [-0.4, -0.2) is 37.4 Å². The second-order valence-corrected chi connectivity index (χ2v) is 6.73. The Kier molecular flexibility index (Phi) is 5.71. The zero-order chi connectivity index (χ0) is 16.0. The van der Waals surface area contributed by atoms with Crippen LogP contribution < -0.4 is 10.5 Å². The average Bonchev–Trinajstić information content (AvgIpc) is 2.36. The minimum atomic E-state index is -3.57. The summed E-state index contributed by atoms with van der Waals surface area (Å²) in [6, 6.07) is 4.11. The lowest BCUT2D eigenvalue weighted by molar-refractivity contribution is -0.118. The first-order chi connectivity index (χ1) is 9.75. The van der Waals surface area contributed by atoms with E-state index in [-0.39, 0.29) is 36.3 Å². The number of carbonyl (C=O) groups is 2. The summed E-state index contributed by atoms with van der Waals surface area (Å²) in [5.74, 6) is -0.862. The maximum atomic E-state index is 11.7. The highest BCUT2D eigenvalue weighted by molar-refractivity contribution is 7.91. The summed E-state index contributed by atoms with van der Waals surface area (Å²) in [4.78, 5) is 21.6. The van der Waals surface area contributed by atoms with Gasteiger partial charge in [0.05, 0.1) is 5.56 Å². The number of primary amides is 1. The van der Waals surface area contributed by atoms with Crippen molar-refractivity contribution in [2.75, 3.05) is 6.26 Å². The van der Waals surface area contributed by atoms with Crippen molar-refractivity contribution in [2.45, 2.75) is 24.7 Å². The number of hydrogen-bond acceptors (Lipinski definition) is 6. The fourth-order valence-electron chi connectivity index (χ4n) is 1.70. The number of aldehydes is 1. The van der Waals surface area contributed by atoms with E-state index in [2.05, 4.69) is 0 Å². The van der Waals surface area contributed by atoms with Gasteiger partial charge in [0.25, 0.3) is 0 Å². The highest BCUT2D eigenvalue weighted by Crippen LogP contribution is 2.28. The lowest BCUT2D eigenvalue weighted by Gasteiger charge is -2.18. The van der Waals surface area contributed by atoms with Crippen molar-refractivity contribution in [1.29, 1.82) is 0 Å². The molecular weight excluding hydrogens is 298 g/mol. The van der Waals surface area contributed by atoms with Crippen molar-refractivity contribution in [3.05, 3.63) is 23.8 Å². The van der Waals surface area contributed by atoms with Gasteiger partial charge in [-0.1, -0.05) is 6.07 Å². The number of phenolic OH excluding ortho intramolecular Hbond substituents is 1. The van der Waals surface area contributed by atoms with Gasteiger partial charge in [0.15, 0.2) is 21.6 Å². The fraction of sp³-hybridized carbons (Fsp3) is 0.385. The number of benzene rings is 1. The molecule has 1 unspecified atom stereocenters. The molecule has 0 bridgehead atoms. The Morgan fingerprint density at radius 3 is 2.67 bits per heavy atom. The molecule has 0 aliphatic carbocycles. The molecule has 0 fully saturated rings. The summed E-state index contributed by atoms with van der Waals surface area (Å²) in [6.07, 6.45) is 1.70. The Hall–Kier alpha value is -2.09. The Labute approximate surface area is 122 Å². The molecule has 0 saturated carbocycles. The van der Waals surface area contributed by atoms with E-state index >= 15 is 0 Å². The van der Waals surface area contributed by atoms with Crippen molar-refractivity contribution in [2.24, 2.45) is 5.73 Å². The van der Waals surface area contributed by atoms with Gasteiger partial charge >= 0.3 is 0 Å². The number of aromatic hydroxyl groups is 1. The molecule has 0 saturated heterocycles. The summed E-state index contributed by atoms with van der Waals surface area (Å²) in [5.41, 5.74) is 3.65. The van der Waals surface area contributed by atoms with E-state index in [9.17, 15) is 23.1 Å². The molecule has 1 amide bonds. The van der Waals surface area contributed by atoms with Gasteiger partial charge in [-0.25, -0.2) is 8.42 Å². The molecule has 0 spiro atoms. The van der Waals surface area contributed by atoms with Gasteiger partial charge in [-0.2, -0.15) is 0 Å². The summed E-state index contributed by atoms with van der Waals surface area (Å²) in [7, 11) is -3.57. The number of ether oxygens (including phenoxy) is 1. The minimum absolute atomic E-state index is 0.0282. The van der Waals surface area contributed by atoms with E-state index in [1.54, 1.807) is 0 Å². The summed E-state index contributed by atoms with van der Waals surface area (Å²) < 4.78 is 28.7. The van der Waals surface area contributed by atoms with Gasteiger partial charge in [-0.3, -0.25) is 9.59 Å². The van der Waals surface area contributed by atoms with Crippen LogP contribution in [0.5, 0.6) is 11.5 Å². The van der Waals surface area contributed by atoms with E-state index in [0.717, 1.165) is 6.26 Å². The SMILES string of the molecule is CS(=O)(=O)C(CCCC(N)=O)Oc1cccc(O)c1C=O. The normalized spacial score (nSPS) is 12.6. The zero-order valence-corrected chi connectivity index (χ0v) is 12.3. The molecule has 0 aliphatic rings. The Morgan fingerprint density at radius 1 is 1.48 bits per heavy atom. The Bertz CT molecular complexity index is 626. The van der Waals surface area contributed by atoms with E-state index in [1.165, 1.54) is 18.2 Å². The summed E-state index contributed by atoms with van der Waals surface area (Å²) in [5, 5.41) is 9.53. The number of hydrogen-bond donors (Lipinski definition) is 2. The van der Waals surface area contributed by atoms with Crippen molar-refractivity contribution in [1.82, 2.24) is 0 Å². The molecule has 1 atom stereocenters. The monoisotopic (exact) mass is 315 g/mol. The van der Waals surface area contributed by atoms with E-state index in [4.69, 9.17) is 10.5 Å².